The summed E-state index contributed by atoms with van der Waals surface area (Å²) in [5.74, 6) is 0. The van der Waals surface area contributed by atoms with Gasteiger partial charge >= 0.3 is 0 Å². The Kier molecular flexibility index (Phi) is 4.26. The fraction of sp³-hybridized carbons (Fsp3) is 1.00. The van der Waals surface area contributed by atoms with E-state index in [0.29, 0.717) is 5.25 Å². The van der Waals surface area contributed by atoms with E-state index in [1.165, 1.54) is 25.9 Å². The summed E-state index contributed by atoms with van der Waals surface area (Å²) >= 11 is 2.03. The third kappa shape index (κ3) is 3.45. The third-order valence-electron chi connectivity index (χ3n) is 2.01. The van der Waals surface area contributed by atoms with Crippen LogP contribution in [0.25, 0.3) is 0 Å². The molecule has 0 spiro atoms. The van der Waals surface area contributed by atoms with Crippen molar-refractivity contribution in [3.8, 4) is 0 Å². The molecule has 2 unspecified atom stereocenters. The predicted octanol–water partition coefficient (Wildman–Crippen LogP) is 0.819. The Morgan fingerprint density at radius 2 is 2.55 bits per heavy atom. The maximum Gasteiger partial charge on any atom is 0.0176 e. The smallest absolute Gasteiger partial charge is 0.0176 e. The van der Waals surface area contributed by atoms with Gasteiger partial charge in [-0.05, 0) is 19.4 Å². The van der Waals surface area contributed by atoms with Crippen LogP contribution < -0.4 is 11.1 Å². The minimum Gasteiger partial charge on any atom is -0.329 e. The highest BCUT2D eigenvalue weighted by atomic mass is 32.2. The second-order valence-electron chi connectivity index (χ2n) is 3.15. The van der Waals surface area contributed by atoms with E-state index in [4.69, 9.17) is 5.73 Å². The maximum absolute atomic E-state index is 5.55. The van der Waals surface area contributed by atoms with Crippen molar-refractivity contribution in [3.05, 3.63) is 0 Å². The topological polar surface area (TPSA) is 38.0 Å². The Morgan fingerprint density at radius 3 is 3.09 bits per heavy atom. The van der Waals surface area contributed by atoms with E-state index in [2.05, 4.69) is 12.2 Å². The number of thioether (sulfide) groups is 1. The molecule has 1 aliphatic rings. The molecule has 0 aliphatic carbocycles. The van der Waals surface area contributed by atoms with Gasteiger partial charge in [-0.15, -0.1) is 0 Å². The lowest BCUT2D eigenvalue weighted by atomic mass is 10.2. The molecular formula is C8H18N2S. The SMILES string of the molecule is CC(CN)SC1CCCNC1. The highest BCUT2D eigenvalue weighted by Gasteiger charge is 2.15. The van der Waals surface area contributed by atoms with E-state index in [1.807, 2.05) is 11.8 Å². The summed E-state index contributed by atoms with van der Waals surface area (Å²) in [7, 11) is 0. The van der Waals surface area contributed by atoms with Crippen LogP contribution in [-0.4, -0.2) is 30.1 Å². The lowest BCUT2D eigenvalue weighted by Gasteiger charge is -2.24. The van der Waals surface area contributed by atoms with Crippen LogP contribution in [0.1, 0.15) is 19.8 Å². The number of rotatable bonds is 3. The zero-order valence-electron chi connectivity index (χ0n) is 7.18. The highest BCUT2D eigenvalue weighted by molar-refractivity contribution is 8.00. The number of hydrogen-bond donors (Lipinski definition) is 2. The van der Waals surface area contributed by atoms with Crippen molar-refractivity contribution in [2.75, 3.05) is 19.6 Å². The van der Waals surface area contributed by atoms with Crippen molar-refractivity contribution in [1.29, 1.82) is 0 Å². The number of piperidine rings is 1. The lowest BCUT2D eigenvalue weighted by Crippen LogP contribution is -2.33. The summed E-state index contributed by atoms with van der Waals surface area (Å²) in [6, 6.07) is 0. The van der Waals surface area contributed by atoms with Crippen LogP contribution in [0.4, 0.5) is 0 Å². The van der Waals surface area contributed by atoms with Crippen LogP contribution in [0.15, 0.2) is 0 Å². The van der Waals surface area contributed by atoms with Gasteiger partial charge in [-0.3, -0.25) is 0 Å². The van der Waals surface area contributed by atoms with E-state index in [0.717, 1.165) is 11.8 Å². The predicted molar refractivity (Wildman–Crippen MR) is 52.0 cm³/mol. The van der Waals surface area contributed by atoms with Gasteiger partial charge in [0.1, 0.15) is 0 Å². The molecule has 0 amide bonds. The molecule has 1 aliphatic heterocycles. The van der Waals surface area contributed by atoms with Crippen LogP contribution in [0.2, 0.25) is 0 Å². The maximum atomic E-state index is 5.55. The molecule has 0 bridgehead atoms. The minimum atomic E-state index is 0.625. The molecular weight excluding hydrogens is 156 g/mol. The highest BCUT2D eigenvalue weighted by Crippen LogP contribution is 2.22. The fourth-order valence-electron chi connectivity index (χ4n) is 1.32. The summed E-state index contributed by atoms with van der Waals surface area (Å²) in [5.41, 5.74) is 5.55. The zero-order chi connectivity index (χ0) is 8.10. The van der Waals surface area contributed by atoms with Gasteiger partial charge in [0.15, 0.2) is 0 Å². The normalized spacial score (nSPS) is 28.4. The van der Waals surface area contributed by atoms with Crippen LogP contribution in [0, 0.1) is 0 Å². The Labute approximate surface area is 73.3 Å². The molecule has 0 aromatic rings. The average molecular weight is 174 g/mol. The molecule has 1 saturated heterocycles. The van der Waals surface area contributed by atoms with E-state index in [9.17, 15) is 0 Å². The second-order valence-corrected chi connectivity index (χ2v) is 4.89. The fourth-order valence-corrected chi connectivity index (χ4v) is 2.61. The lowest BCUT2D eigenvalue weighted by molar-refractivity contribution is 0.530. The van der Waals surface area contributed by atoms with Crippen molar-refractivity contribution in [2.24, 2.45) is 5.73 Å². The molecule has 11 heavy (non-hydrogen) atoms. The molecule has 1 heterocycles. The van der Waals surface area contributed by atoms with Crippen LogP contribution in [0.5, 0.6) is 0 Å². The first kappa shape index (κ1) is 9.36. The second kappa shape index (κ2) is 5.01. The summed E-state index contributed by atoms with van der Waals surface area (Å²) in [6.07, 6.45) is 2.69. The summed E-state index contributed by atoms with van der Waals surface area (Å²) < 4.78 is 0. The van der Waals surface area contributed by atoms with Gasteiger partial charge < -0.3 is 11.1 Å². The van der Waals surface area contributed by atoms with E-state index in [1.54, 1.807) is 0 Å². The molecule has 0 aromatic carbocycles. The van der Waals surface area contributed by atoms with E-state index < -0.39 is 0 Å². The first-order valence-corrected chi connectivity index (χ1v) is 5.33. The average Bonchev–Trinajstić information content (AvgIpc) is 2.06. The van der Waals surface area contributed by atoms with Crippen molar-refractivity contribution >= 4 is 11.8 Å². The quantitative estimate of drug-likeness (QED) is 0.665. The van der Waals surface area contributed by atoms with Gasteiger partial charge in [0.25, 0.3) is 0 Å². The van der Waals surface area contributed by atoms with Gasteiger partial charge in [-0.2, -0.15) is 11.8 Å². The summed E-state index contributed by atoms with van der Waals surface area (Å²) in [5, 5.41) is 4.84. The Hall–Kier alpha value is 0.270. The molecule has 1 rings (SSSR count). The van der Waals surface area contributed by atoms with Crippen LogP contribution in [0.3, 0.4) is 0 Å². The molecule has 3 N–H and O–H groups in total. The molecule has 2 nitrogen and oxygen atoms in total. The zero-order valence-corrected chi connectivity index (χ0v) is 7.99. The van der Waals surface area contributed by atoms with Gasteiger partial charge in [-0.1, -0.05) is 6.92 Å². The van der Waals surface area contributed by atoms with Crippen LogP contribution in [-0.2, 0) is 0 Å². The number of nitrogens with one attached hydrogen (secondary N) is 1. The third-order valence-corrected chi connectivity index (χ3v) is 3.45. The summed E-state index contributed by atoms with van der Waals surface area (Å²) in [4.78, 5) is 0. The van der Waals surface area contributed by atoms with Gasteiger partial charge in [0.2, 0.25) is 0 Å². The van der Waals surface area contributed by atoms with Crippen molar-refractivity contribution in [1.82, 2.24) is 5.32 Å². The molecule has 0 aromatic heterocycles. The van der Waals surface area contributed by atoms with Crippen molar-refractivity contribution in [3.63, 3.8) is 0 Å². The summed E-state index contributed by atoms with van der Waals surface area (Å²) in [6.45, 7) is 5.39. The molecule has 3 heteroatoms. The van der Waals surface area contributed by atoms with Gasteiger partial charge in [0.05, 0.1) is 0 Å². The number of nitrogens with two attached hydrogens (primary N) is 1. The Bertz CT molecular complexity index is 102. The molecule has 2 atom stereocenters. The van der Waals surface area contributed by atoms with Crippen molar-refractivity contribution in [2.45, 2.75) is 30.3 Å². The first-order valence-electron chi connectivity index (χ1n) is 4.39. The minimum absolute atomic E-state index is 0.625. The molecule has 1 fully saturated rings. The first-order chi connectivity index (χ1) is 5.33. The van der Waals surface area contributed by atoms with E-state index in [-0.39, 0.29) is 0 Å². The monoisotopic (exact) mass is 174 g/mol. The van der Waals surface area contributed by atoms with Gasteiger partial charge in [-0.25, -0.2) is 0 Å². The molecule has 66 valence electrons. The van der Waals surface area contributed by atoms with Crippen molar-refractivity contribution < 1.29 is 0 Å². The van der Waals surface area contributed by atoms with E-state index >= 15 is 0 Å². The number of hydrogen-bond acceptors (Lipinski definition) is 3. The van der Waals surface area contributed by atoms with Crippen LogP contribution >= 0.6 is 11.8 Å². The largest absolute Gasteiger partial charge is 0.329 e. The Morgan fingerprint density at radius 1 is 1.73 bits per heavy atom. The standard InChI is InChI=1S/C8H18N2S/c1-7(5-9)11-8-3-2-4-10-6-8/h7-8,10H,2-6,9H2,1H3. The molecule has 0 saturated carbocycles. The van der Waals surface area contributed by atoms with Gasteiger partial charge in [0, 0.05) is 23.6 Å². The Balaban J connectivity index is 2.13. The molecule has 0 radical (unpaired) electrons.